The lowest BCUT2D eigenvalue weighted by Crippen LogP contribution is -2.55. The summed E-state index contributed by atoms with van der Waals surface area (Å²) in [6.07, 6.45) is 6.55. The molecule has 1 aromatic carbocycles. The Morgan fingerprint density at radius 1 is 1.19 bits per heavy atom. The van der Waals surface area contributed by atoms with E-state index in [2.05, 4.69) is 22.4 Å². The zero-order chi connectivity index (χ0) is 18.5. The Labute approximate surface area is 153 Å². The molecule has 4 rings (SSSR count). The van der Waals surface area contributed by atoms with E-state index in [4.69, 9.17) is 0 Å². The molecule has 0 aliphatic carbocycles. The van der Waals surface area contributed by atoms with Gasteiger partial charge in [-0.1, -0.05) is 24.6 Å². The number of benzene rings is 1. The molecule has 2 bridgehead atoms. The van der Waals surface area contributed by atoms with Crippen molar-refractivity contribution in [1.29, 1.82) is 0 Å². The Morgan fingerprint density at radius 2 is 1.85 bits per heavy atom. The molecule has 2 aliphatic rings. The summed E-state index contributed by atoms with van der Waals surface area (Å²) in [6, 6.07) is 8.06. The Bertz CT molecular complexity index is 938. The second-order valence-electron chi connectivity index (χ2n) is 7.52. The number of para-hydroxylation sites is 1. The molecule has 2 aliphatic heterocycles. The minimum Gasteiger partial charge on any atom is -0.348 e. The molecule has 140 valence electrons. The van der Waals surface area contributed by atoms with Crippen molar-refractivity contribution in [2.75, 3.05) is 13.3 Å². The average molecular weight is 376 g/mol. The highest BCUT2D eigenvalue weighted by Crippen LogP contribution is 2.32. The highest BCUT2D eigenvalue weighted by Gasteiger charge is 2.37. The van der Waals surface area contributed by atoms with E-state index in [1.807, 2.05) is 0 Å². The van der Waals surface area contributed by atoms with Gasteiger partial charge in [-0.2, -0.15) is 9.19 Å². The lowest BCUT2D eigenvalue weighted by atomic mass is 9.82. The number of hydrogen-bond acceptors (Lipinski definition) is 5. The van der Waals surface area contributed by atoms with Crippen LogP contribution in [0.15, 0.2) is 24.3 Å². The number of rotatable bonds is 3. The van der Waals surface area contributed by atoms with Crippen molar-refractivity contribution < 1.29 is 13.2 Å². The third-order valence-corrected chi connectivity index (χ3v) is 6.67. The molecule has 26 heavy (non-hydrogen) atoms. The zero-order valence-electron chi connectivity index (χ0n) is 15.1. The summed E-state index contributed by atoms with van der Waals surface area (Å²) in [7, 11) is -1.40. The Hall–Kier alpha value is -1.93. The van der Waals surface area contributed by atoms with Crippen LogP contribution in [0.2, 0.25) is 0 Å². The van der Waals surface area contributed by atoms with Crippen LogP contribution in [0.25, 0.3) is 10.9 Å². The summed E-state index contributed by atoms with van der Waals surface area (Å²) in [5, 5.41) is 7.78. The van der Waals surface area contributed by atoms with Gasteiger partial charge in [-0.15, -0.1) is 0 Å². The Kier molecular flexibility index (Phi) is 4.27. The minimum absolute atomic E-state index is 0.108. The molecule has 2 saturated heterocycles. The van der Waals surface area contributed by atoms with Gasteiger partial charge in [0, 0.05) is 23.5 Å². The third-order valence-electron chi connectivity index (χ3n) is 5.76. The summed E-state index contributed by atoms with van der Waals surface area (Å²) < 4.78 is 25.0. The van der Waals surface area contributed by atoms with Gasteiger partial charge in [0.2, 0.25) is 0 Å². The SMILES string of the molecule is CN1[C@@H]2CCC[C@H]1C[C@H](NC(=O)c1nn(S(C)(=O)=O)c3ccccc13)C2. The highest BCUT2D eigenvalue weighted by atomic mass is 32.2. The van der Waals surface area contributed by atoms with Crippen LogP contribution in [-0.2, 0) is 10.0 Å². The average Bonchev–Trinajstić information content (AvgIpc) is 2.96. The van der Waals surface area contributed by atoms with Crippen molar-refractivity contribution in [1.82, 2.24) is 19.4 Å². The van der Waals surface area contributed by atoms with Gasteiger partial charge < -0.3 is 10.2 Å². The van der Waals surface area contributed by atoms with Gasteiger partial charge in [0.05, 0.1) is 11.8 Å². The summed E-state index contributed by atoms with van der Waals surface area (Å²) in [5.74, 6) is -0.295. The van der Waals surface area contributed by atoms with Crippen molar-refractivity contribution in [3.05, 3.63) is 30.0 Å². The molecule has 1 N–H and O–H groups in total. The summed E-state index contributed by atoms with van der Waals surface area (Å²) in [6.45, 7) is 0. The van der Waals surface area contributed by atoms with Gasteiger partial charge >= 0.3 is 0 Å². The number of fused-ring (bicyclic) bond motifs is 3. The summed E-state index contributed by atoms with van der Waals surface area (Å²) >= 11 is 0. The van der Waals surface area contributed by atoms with Gasteiger partial charge in [-0.25, -0.2) is 8.42 Å². The van der Waals surface area contributed by atoms with E-state index in [-0.39, 0.29) is 17.6 Å². The highest BCUT2D eigenvalue weighted by molar-refractivity contribution is 7.89. The van der Waals surface area contributed by atoms with E-state index < -0.39 is 10.0 Å². The van der Waals surface area contributed by atoms with Crippen molar-refractivity contribution in [2.45, 2.75) is 50.2 Å². The van der Waals surface area contributed by atoms with Crippen LogP contribution in [0.1, 0.15) is 42.6 Å². The van der Waals surface area contributed by atoms with Gasteiger partial charge in [-0.3, -0.25) is 4.79 Å². The van der Waals surface area contributed by atoms with Crippen LogP contribution in [0.3, 0.4) is 0 Å². The lowest BCUT2D eigenvalue weighted by Gasteiger charge is -2.47. The van der Waals surface area contributed by atoms with E-state index in [1.54, 1.807) is 24.3 Å². The molecule has 0 radical (unpaired) electrons. The second-order valence-corrected chi connectivity index (χ2v) is 9.33. The third kappa shape index (κ3) is 3.01. The number of aromatic nitrogens is 2. The van der Waals surface area contributed by atoms with Crippen LogP contribution >= 0.6 is 0 Å². The predicted octanol–water partition coefficient (Wildman–Crippen LogP) is 1.59. The van der Waals surface area contributed by atoms with E-state index in [9.17, 15) is 13.2 Å². The molecule has 1 amide bonds. The van der Waals surface area contributed by atoms with E-state index in [1.165, 1.54) is 19.3 Å². The fourth-order valence-electron chi connectivity index (χ4n) is 4.45. The molecule has 3 heterocycles. The van der Waals surface area contributed by atoms with E-state index in [0.717, 1.165) is 23.2 Å². The molecule has 1 aromatic heterocycles. The number of nitrogens with zero attached hydrogens (tertiary/aromatic N) is 3. The lowest BCUT2D eigenvalue weighted by molar-refractivity contribution is 0.0462. The number of hydrogen-bond donors (Lipinski definition) is 1. The summed E-state index contributed by atoms with van der Waals surface area (Å²) in [5.41, 5.74) is 0.607. The monoisotopic (exact) mass is 376 g/mol. The van der Waals surface area contributed by atoms with Gasteiger partial charge in [0.25, 0.3) is 15.9 Å². The van der Waals surface area contributed by atoms with Gasteiger partial charge in [0.1, 0.15) is 0 Å². The van der Waals surface area contributed by atoms with Crippen LogP contribution in [0.4, 0.5) is 0 Å². The van der Waals surface area contributed by atoms with Crippen molar-refractivity contribution in [3.8, 4) is 0 Å². The molecule has 7 nitrogen and oxygen atoms in total. The smallest absolute Gasteiger partial charge is 0.272 e. The number of piperidine rings is 2. The first-order valence-corrected chi connectivity index (χ1v) is 10.9. The molecule has 0 spiro atoms. The summed E-state index contributed by atoms with van der Waals surface area (Å²) in [4.78, 5) is 15.3. The molecule has 0 saturated carbocycles. The standard InChI is InChI=1S/C18H24N4O3S/c1-21-13-6-5-7-14(21)11-12(10-13)19-18(23)17-15-8-3-4-9-16(15)22(20-17)26(2,24)25/h3-4,8-9,12-14H,5-7,10-11H2,1-2H3,(H,19,23)/t12-,13-,14+. The van der Waals surface area contributed by atoms with Crippen molar-refractivity contribution in [3.63, 3.8) is 0 Å². The largest absolute Gasteiger partial charge is 0.348 e. The number of carbonyl (C=O) groups excluding carboxylic acids is 1. The first-order chi connectivity index (χ1) is 12.3. The minimum atomic E-state index is -3.58. The Balaban J connectivity index is 1.61. The molecular formula is C18H24N4O3S. The zero-order valence-corrected chi connectivity index (χ0v) is 15.9. The van der Waals surface area contributed by atoms with Gasteiger partial charge in [-0.05, 0) is 38.8 Å². The normalized spacial score (nSPS) is 26.8. The van der Waals surface area contributed by atoms with Crippen molar-refractivity contribution in [2.24, 2.45) is 0 Å². The van der Waals surface area contributed by atoms with Crippen LogP contribution in [0, 0.1) is 0 Å². The molecule has 3 atom stereocenters. The fraction of sp³-hybridized carbons (Fsp3) is 0.556. The number of amides is 1. The number of carbonyl (C=O) groups is 1. The topological polar surface area (TPSA) is 84.3 Å². The van der Waals surface area contributed by atoms with Crippen LogP contribution in [0.5, 0.6) is 0 Å². The first-order valence-electron chi connectivity index (χ1n) is 9.05. The quantitative estimate of drug-likeness (QED) is 0.879. The first kappa shape index (κ1) is 17.5. The Morgan fingerprint density at radius 3 is 2.50 bits per heavy atom. The molecule has 0 unspecified atom stereocenters. The molecular weight excluding hydrogens is 352 g/mol. The van der Waals surface area contributed by atoms with Gasteiger partial charge in [0.15, 0.2) is 5.69 Å². The van der Waals surface area contributed by atoms with Crippen LogP contribution < -0.4 is 5.32 Å². The molecule has 8 heteroatoms. The number of nitrogens with one attached hydrogen (secondary N) is 1. The van der Waals surface area contributed by atoms with Crippen molar-refractivity contribution >= 4 is 26.8 Å². The second kappa shape index (κ2) is 6.35. The van der Waals surface area contributed by atoms with E-state index in [0.29, 0.717) is 23.0 Å². The maximum absolute atomic E-state index is 12.9. The molecule has 2 fully saturated rings. The van der Waals surface area contributed by atoms with Crippen LogP contribution in [-0.4, -0.2) is 59.8 Å². The fourth-order valence-corrected chi connectivity index (χ4v) is 5.19. The van der Waals surface area contributed by atoms with E-state index >= 15 is 0 Å². The maximum atomic E-state index is 12.9. The maximum Gasteiger partial charge on any atom is 0.272 e. The molecule has 2 aromatic rings. The predicted molar refractivity (Wildman–Crippen MR) is 99.7 cm³/mol.